The van der Waals surface area contributed by atoms with Crippen LogP contribution in [0.3, 0.4) is 0 Å². The zero-order chi connectivity index (χ0) is 17.5. The van der Waals surface area contributed by atoms with Gasteiger partial charge in [-0.25, -0.2) is 4.79 Å². The van der Waals surface area contributed by atoms with Crippen LogP contribution in [0.1, 0.15) is 19.6 Å². The molecule has 0 saturated carbocycles. The predicted molar refractivity (Wildman–Crippen MR) is 95.5 cm³/mol. The molecule has 0 radical (unpaired) electrons. The van der Waals surface area contributed by atoms with E-state index in [0.717, 1.165) is 5.69 Å². The van der Waals surface area contributed by atoms with Crippen LogP contribution >= 0.6 is 15.9 Å². The first-order valence-electron chi connectivity index (χ1n) is 7.44. The summed E-state index contributed by atoms with van der Waals surface area (Å²) >= 11 is 3.17. The van der Waals surface area contributed by atoms with Gasteiger partial charge in [-0.3, -0.25) is 4.79 Å². The van der Waals surface area contributed by atoms with Crippen molar-refractivity contribution in [1.82, 2.24) is 0 Å². The van der Waals surface area contributed by atoms with E-state index in [1.54, 1.807) is 17.0 Å². The molecule has 1 amide bonds. The Balaban J connectivity index is 1.93. The number of carbonyl (C=O) groups is 2. The van der Waals surface area contributed by atoms with E-state index >= 15 is 0 Å². The van der Waals surface area contributed by atoms with Crippen LogP contribution in [0, 0.1) is 0 Å². The Morgan fingerprint density at radius 3 is 2.50 bits per heavy atom. The summed E-state index contributed by atoms with van der Waals surface area (Å²) in [5.41, 5.74) is 0.768. The van der Waals surface area contributed by atoms with Gasteiger partial charge in [0.1, 0.15) is 5.76 Å². The number of benzene rings is 1. The summed E-state index contributed by atoms with van der Waals surface area (Å²) in [5, 5.41) is 0. The van der Waals surface area contributed by atoms with E-state index in [1.807, 2.05) is 44.2 Å². The Hall–Kier alpha value is -2.34. The molecule has 1 aromatic carbocycles. The van der Waals surface area contributed by atoms with Crippen molar-refractivity contribution in [2.24, 2.45) is 0 Å². The number of rotatable bonds is 6. The molecule has 0 atom stereocenters. The molecule has 5 nitrogen and oxygen atoms in total. The monoisotopic (exact) mass is 391 g/mol. The predicted octanol–water partition coefficient (Wildman–Crippen LogP) is 4.04. The molecule has 0 unspecified atom stereocenters. The molecule has 2 aromatic rings. The lowest BCUT2D eigenvalue weighted by molar-refractivity contribution is -0.143. The van der Waals surface area contributed by atoms with E-state index in [9.17, 15) is 9.59 Å². The van der Waals surface area contributed by atoms with Gasteiger partial charge in [-0.15, -0.1) is 0 Å². The zero-order valence-corrected chi connectivity index (χ0v) is 15.0. The highest BCUT2D eigenvalue weighted by molar-refractivity contribution is 9.10. The van der Waals surface area contributed by atoms with Crippen LogP contribution in [-0.2, 0) is 14.3 Å². The molecule has 1 aromatic heterocycles. The van der Waals surface area contributed by atoms with Gasteiger partial charge in [-0.1, -0.05) is 18.2 Å². The summed E-state index contributed by atoms with van der Waals surface area (Å²) in [5.74, 6) is -0.371. The average Bonchev–Trinajstić information content (AvgIpc) is 2.97. The lowest BCUT2D eigenvalue weighted by Gasteiger charge is -2.26. The van der Waals surface area contributed by atoms with Crippen molar-refractivity contribution in [3.8, 4) is 0 Å². The Labute approximate surface area is 149 Å². The maximum Gasteiger partial charge on any atom is 0.331 e. The maximum atomic E-state index is 12.4. The van der Waals surface area contributed by atoms with Crippen LogP contribution < -0.4 is 4.90 Å². The molecule has 0 spiro atoms. The zero-order valence-electron chi connectivity index (χ0n) is 13.4. The normalized spacial score (nSPS) is 11.0. The molecule has 0 saturated heterocycles. The molecule has 2 rings (SSSR count). The van der Waals surface area contributed by atoms with Crippen LogP contribution in [-0.4, -0.2) is 24.5 Å². The van der Waals surface area contributed by atoms with Crippen molar-refractivity contribution in [3.63, 3.8) is 0 Å². The minimum Gasteiger partial charge on any atom is -0.452 e. The first-order chi connectivity index (χ1) is 11.5. The number of furan rings is 1. The lowest BCUT2D eigenvalue weighted by atomic mass is 10.2. The fourth-order valence-electron chi connectivity index (χ4n) is 2.14. The summed E-state index contributed by atoms with van der Waals surface area (Å²) in [6.07, 6.45) is 2.70. The van der Waals surface area contributed by atoms with Crippen molar-refractivity contribution in [3.05, 3.63) is 59.0 Å². The maximum absolute atomic E-state index is 12.4. The topological polar surface area (TPSA) is 59.8 Å². The number of hydrogen-bond acceptors (Lipinski definition) is 4. The summed E-state index contributed by atoms with van der Waals surface area (Å²) < 4.78 is 10.8. The second kappa shape index (κ2) is 8.49. The average molecular weight is 392 g/mol. The Kier molecular flexibility index (Phi) is 6.37. The van der Waals surface area contributed by atoms with Gasteiger partial charge in [-0.05, 0) is 60.1 Å². The number of ether oxygens (including phenoxy) is 1. The summed E-state index contributed by atoms with van der Waals surface area (Å²) in [7, 11) is 0. The van der Waals surface area contributed by atoms with Crippen molar-refractivity contribution in [1.29, 1.82) is 0 Å². The Bertz CT molecular complexity index is 722. The van der Waals surface area contributed by atoms with Crippen molar-refractivity contribution in [2.45, 2.75) is 19.9 Å². The minimum absolute atomic E-state index is 0.0467. The number of hydrogen-bond donors (Lipinski definition) is 0. The van der Waals surface area contributed by atoms with E-state index in [4.69, 9.17) is 9.15 Å². The molecule has 0 aliphatic heterocycles. The van der Waals surface area contributed by atoms with Gasteiger partial charge in [0.15, 0.2) is 11.3 Å². The standard InChI is InChI=1S/C18H18BrNO4/c1-13(2)20(14-6-4-3-5-7-14)17(21)12-23-18(22)11-9-15-8-10-16(19)24-15/h3-11,13H,12H2,1-2H3. The fraction of sp³-hybridized carbons (Fsp3) is 0.222. The van der Waals surface area contributed by atoms with Gasteiger partial charge < -0.3 is 14.1 Å². The molecule has 0 aliphatic carbocycles. The van der Waals surface area contributed by atoms with Gasteiger partial charge >= 0.3 is 5.97 Å². The first kappa shape index (κ1) is 18.0. The van der Waals surface area contributed by atoms with Gasteiger partial charge in [0.05, 0.1) is 0 Å². The van der Waals surface area contributed by atoms with Crippen LogP contribution in [0.2, 0.25) is 0 Å². The summed E-state index contributed by atoms with van der Waals surface area (Å²) in [4.78, 5) is 25.7. The number of para-hydroxylation sites is 1. The molecule has 6 heteroatoms. The van der Waals surface area contributed by atoms with Crippen LogP contribution in [0.4, 0.5) is 5.69 Å². The highest BCUT2D eigenvalue weighted by Crippen LogP contribution is 2.17. The molecular weight excluding hydrogens is 374 g/mol. The SMILES string of the molecule is CC(C)N(C(=O)COC(=O)C=Cc1ccc(Br)o1)c1ccccc1. The number of esters is 1. The second-order valence-electron chi connectivity index (χ2n) is 5.28. The number of amides is 1. The van der Waals surface area contributed by atoms with E-state index in [1.165, 1.54) is 12.2 Å². The van der Waals surface area contributed by atoms with Crippen molar-refractivity contribution < 1.29 is 18.7 Å². The van der Waals surface area contributed by atoms with Crippen molar-refractivity contribution in [2.75, 3.05) is 11.5 Å². The van der Waals surface area contributed by atoms with Crippen LogP contribution in [0.5, 0.6) is 0 Å². The number of halogens is 1. The molecule has 0 N–H and O–H groups in total. The smallest absolute Gasteiger partial charge is 0.331 e. The summed E-state index contributed by atoms with van der Waals surface area (Å²) in [6, 6.07) is 12.6. The lowest BCUT2D eigenvalue weighted by Crippen LogP contribution is -2.39. The van der Waals surface area contributed by atoms with Crippen molar-refractivity contribution >= 4 is 39.6 Å². The first-order valence-corrected chi connectivity index (χ1v) is 8.24. The van der Waals surface area contributed by atoms with E-state index in [-0.39, 0.29) is 18.6 Å². The minimum atomic E-state index is -0.604. The van der Waals surface area contributed by atoms with E-state index in [2.05, 4.69) is 15.9 Å². The Morgan fingerprint density at radius 1 is 1.21 bits per heavy atom. The number of nitrogens with zero attached hydrogens (tertiary/aromatic N) is 1. The number of carbonyl (C=O) groups excluding carboxylic acids is 2. The van der Waals surface area contributed by atoms with E-state index < -0.39 is 5.97 Å². The van der Waals surface area contributed by atoms with Gasteiger partial charge in [0.2, 0.25) is 0 Å². The molecule has 0 bridgehead atoms. The molecule has 24 heavy (non-hydrogen) atoms. The molecular formula is C18H18BrNO4. The second-order valence-corrected chi connectivity index (χ2v) is 6.06. The molecule has 126 valence electrons. The molecule has 1 heterocycles. The van der Waals surface area contributed by atoms with Gasteiger partial charge in [0, 0.05) is 17.8 Å². The molecule has 0 aliphatic rings. The quantitative estimate of drug-likeness (QED) is 0.550. The highest BCUT2D eigenvalue weighted by Gasteiger charge is 2.19. The van der Waals surface area contributed by atoms with Gasteiger partial charge in [-0.2, -0.15) is 0 Å². The Morgan fingerprint density at radius 2 is 1.92 bits per heavy atom. The van der Waals surface area contributed by atoms with Crippen LogP contribution in [0.15, 0.2) is 57.6 Å². The largest absolute Gasteiger partial charge is 0.452 e. The van der Waals surface area contributed by atoms with Gasteiger partial charge in [0.25, 0.3) is 5.91 Å². The number of anilines is 1. The summed E-state index contributed by atoms with van der Waals surface area (Å²) in [6.45, 7) is 3.49. The molecule has 0 fully saturated rings. The third kappa shape index (κ3) is 5.09. The van der Waals surface area contributed by atoms with E-state index in [0.29, 0.717) is 10.4 Å². The fourth-order valence-corrected chi connectivity index (χ4v) is 2.46. The van der Waals surface area contributed by atoms with Crippen LogP contribution in [0.25, 0.3) is 6.08 Å². The third-order valence-corrected chi connectivity index (χ3v) is 3.56. The highest BCUT2D eigenvalue weighted by atomic mass is 79.9. The third-order valence-electron chi connectivity index (χ3n) is 3.14.